The quantitative estimate of drug-likeness (QED) is 0.671. The standard InChI is InChI=1S/C22H20ClN3O5/c1-30-16-7-5-13(6-8-16)10-24-18(27)11-26-17-12-31-21(28)19(17)20(25-22(26)29)14-3-2-4-15(23)9-14/h2-9,20H,10-12H2,1H3,(H,24,27)(H,25,29)/t20-/m0/s1. The van der Waals surface area contributed by atoms with Gasteiger partial charge in [0.05, 0.1) is 24.4 Å². The van der Waals surface area contributed by atoms with E-state index in [-0.39, 0.29) is 19.1 Å². The summed E-state index contributed by atoms with van der Waals surface area (Å²) in [5.41, 5.74) is 2.25. The summed E-state index contributed by atoms with van der Waals surface area (Å²) >= 11 is 6.06. The van der Waals surface area contributed by atoms with Crippen molar-refractivity contribution in [3.05, 3.63) is 76.0 Å². The minimum absolute atomic E-state index is 0.0651. The third-order valence-electron chi connectivity index (χ3n) is 5.13. The van der Waals surface area contributed by atoms with Gasteiger partial charge in [-0.2, -0.15) is 0 Å². The molecule has 1 atom stereocenters. The SMILES string of the molecule is COc1ccc(CNC(=O)CN2C(=O)N[C@@H](c3cccc(Cl)c3)C3=C2COC3=O)cc1. The van der Waals surface area contributed by atoms with E-state index < -0.39 is 18.0 Å². The van der Waals surface area contributed by atoms with Crippen LogP contribution in [0, 0.1) is 0 Å². The van der Waals surface area contributed by atoms with E-state index in [1.165, 1.54) is 4.90 Å². The van der Waals surface area contributed by atoms with Crippen molar-refractivity contribution in [1.82, 2.24) is 15.5 Å². The van der Waals surface area contributed by atoms with Crippen molar-refractivity contribution in [2.75, 3.05) is 20.3 Å². The summed E-state index contributed by atoms with van der Waals surface area (Å²) in [5, 5.41) is 6.04. The molecule has 160 valence electrons. The third-order valence-corrected chi connectivity index (χ3v) is 5.37. The second-order valence-electron chi connectivity index (χ2n) is 7.08. The Morgan fingerprint density at radius 1 is 1.26 bits per heavy atom. The van der Waals surface area contributed by atoms with Crippen molar-refractivity contribution >= 4 is 29.5 Å². The summed E-state index contributed by atoms with van der Waals surface area (Å²) < 4.78 is 10.3. The van der Waals surface area contributed by atoms with Crippen LogP contribution in [0.2, 0.25) is 5.02 Å². The Balaban J connectivity index is 1.49. The van der Waals surface area contributed by atoms with Gasteiger partial charge in [0.25, 0.3) is 0 Å². The van der Waals surface area contributed by atoms with Crippen molar-refractivity contribution in [2.45, 2.75) is 12.6 Å². The number of hydrogen-bond acceptors (Lipinski definition) is 5. The van der Waals surface area contributed by atoms with Gasteiger partial charge in [0.2, 0.25) is 5.91 Å². The van der Waals surface area contributed by atoms with Gasteiger partial charge >= 0.3 is 12.0 Å². The lowest BCUT2D eigenvalue weighted by molar-refractivity contribution is -0.136. The predicted octanol–water partition coefficient (Wildman–Crippen LogP) is 2.54. The van der Waals surface area contributed by atoms with Crippen molar-refractivity contribution in [3.63, 3.8) is 0 Å². The van der Waals surface area contributed by atoms with Crippen LogP contribution in [0.15, 0.2) is 59.8 Å². The molecule has 2 aromatic carbocycles. The van der Waals surface area contributed by atoms with E-state index >= 15 is 0 Å². The highest BCUT2D eigenvalue weighted by Crippen LogP contribution is 2.35. The zero-order valence-corrected chi connectivity index (χ0v) is 17.4. The van der Waals surface area contributed by atoms with Crippen LogP contribution in [0.3, 0.4) is 0 Å². The molecule has 2 aliphatic rings. The molecule has 0 unspecified atom stereocenters. The van der Waals surface area contributed by atoms with Crippen LogP contribution >= 0.6 is 11.6 Å². The van der Waals surface area contributed by atoms with E-state index in [0.29, 0.717) is 28.4 Å². The highest BCUT2D eigenvalue weighted by molar-refractivity contribution is 6.30. The van der Waals surface area contributed by atoms with Crippen LogP contribution in [0.4, 0.5) is 4.79 Å². The number of methoxy groups -OCH3 is 1. The lowest BCUT2D eigenvalue weighted by Gasteiger charge is -2.32. The summed E-state index contributed by atoms with van der Waals surface area (Å²) in [4.78, 5) is 38.9. The summed E-state index contributed by atoms with van der Waals surface area (Å²) in [5.74, 6) is -0.165. The lowest BCUT2D eigenvalue weighted by Crippen LogP contribution is -2.50. The molecule has 8 nitrogen and oxygen atoms in total. The number of nitrogens with one attached hydrogen (secondary N) is 2. The van der Waals surface area contributed by atoms with Gasteiger partial charge < -0.3 is 20.1 Å². The second kappa shape index (κ2) is 8.69. The van der Waals surface area contributed by atoms with Crippen molar-refractivity contribution in [3.8, 4) is 5.75 Å². The number of ether oxygens (including phenoxy) is 2. The first-order chi connectivity index (χ1) is 15.0. The van der Waals surface area contributed by atoms with Crippen molar-refractivity contribution in [2.24, 2.45) is 0 Å². The van der Waals surface area contributed by atoms with Crippen LogP contribution in [-0.4, -0.2) is 43.1 Å². The summed E-state index contributed by atoms with van der Waals surface area (Å²) in [6.07, 6.45) is 0. The van der Waals surface area contributed by atoms with E-state index in [0.717, 1.165) is 11.3 Å². The number of carbonyl (C=O) groups excluding carboxylic acids is 3. The first kappa shape index (κ1) is 20.7. The zero-order valence-electron chi connectivity index (χ0n) is 16.7. The molecule has 2 N–H and O–H groups in total. The first-order valence-corrected chi connectivity index (χ1v) is 9.97. The fraction of sp³-hybridized carbons (Fsp3) is 0.227. The number of halogens is 1. The van der Waals surface area contributed by atoms with Gasteiger partial charge in [-0.05, 0) is 35.4 Å². The minimum atomic E-state index is -0.685. The number of cyclic esters (lactones) is 1. The maximum absolute atomic E-state index is 12.8. The molecule has 9 heteroatoms. The number of nitrogens with zero attached hydrogens (tertiary/aromatic N) is 1. The molecule has 31 heavy (non-hydrogen) atoms. The molecular weight excluding hydrogens is 422 g/mol. The molecule has 0 saturated carbocycles. The molecule has 2 aliphatic heterocycles. The second-order valence-corrected chi connectivity index (χ2v) is 7.52. The molecule has 3 amide bonds. The smallest absolute Gasteiger partial charge is 0.338 e. The molecule has 0 fully saturated rings. The normalized spacial score (nSPS) is 17.7. The molecule has 0 bridgehead atoms. The summed E-state index contributed by atoms with van der Waals surface area (Å²) in [6.45, 7) is -0.00506. The monoisotopic (exact) mass is 441 g/mol. The Morgan fingerprint density at radius 2 is 2.03 bits per heavy atom. The average molecular weight is 442 g/mol. The molecule has 0 aliphatic carbocycles. The fourth-order valence-corrected chi connectivity index (χ4v) is 3.76. The van der Waals surface area contributed by atoms with E-state index in [1.807, 2.05) is 12.1 Å². The van der Waals surface area contributed by atoms with Crippen molar-refractivity contribution in [1.29, 1.82) is 0 Å². The third kappa shape index (κ3) is 4.34. The number of benzene rings is 2. The van der Waals surface area contributed by atoms with Gasteiger partial charge in [0.15, 0.2) is 0 Å². The zero-order chi connectivity index (χ0) is 22.0. The number of carbonyl (C=O) groups is 3. The molecule has 0 saturated heterocycles. The minimum Gasteiger partial charge on any atom is -0.497 e. The van der Waals surface area contributed by atoms with Gasteiger partial charge in [-0.15, -0.1) is 0 Å². The van der Waals surface area contributed by atoms with Gasteiger partial charge in [-0.3, -0.25) is 9.69 Å². The Hall–Kier alpha value is -3.52. The average Bonchev–Trinajstić information content (AvgIpc) is 3.16. The first-order valence-electron chi connectivity index (χ1n) is 9.59. The number of esters is 1. The number of amides is 3. The van der Waals surface area contributed by atoms with E-state index in [1.54, 1.807) is 43.5 Å². The largest absolute Gasteiger partial charge is 0.497 e. The Kier molecular flexibility index (Phi) is 5.81. The van der Waals surface area contributed by atoms with E-state index in [9.17, 15) is 14.4 Å². The van der Waals surface area contributed by atoms with E-state index in [4.69, 9.17) is 21.1 Å². The number of urea groups is 1. The highest BCUT2D eigenvalue weighted by atomic mass is 35.5. The summed E-state index contributed by atoms with van der Waals surface area (Å²) in [6, 6.07) is 13.0. The highest BCUT2D eigenvalue weighted by Gasteiger charge is 2.42. The van der Waals surface area contributed by atoms with E-state index in [2.05, 4.69) is 10.6 Å². The number of hydrogen-bond donors (Lipinski definition) is 2. The van der Waals surface area contributed by atoms with Crippen LogP contribution in [0.25, 0.3) is 0 Å². The molecular formula is C22H20ClN3O5. The van der Waals surface area contributed by atoms with Gasteiger partial charge in [-0.25, -0.2) is 9.59 Å². The Bertz CT molecular complexity index is 1070. The van der Waals surface area contributed by atoms with Crippen LogP contribution in [0.1, 0.15) is 17.2 Å². The van der Waals surface area contributed by atoms with Gasteiger partial charge in [0.1, 0.15) is 18.9 Å². The molecule has 0 radical (unpaired) electrons. The maximum Gasteiger partial charge on any atom is 0.338 e. The Labute approximate surface area is 183 Å². The topological polar surface area (TPSA) is 97.0 Å². The van der Waals surface area contributed by atoms with Crippen molar-refractivity contribution < 1.29 is 23.9 Å². The van der Waals surface area contributed by atoms with Gasteiger partial charge in [0, 0.05) is 11.6 Å². The van der Waals surface area contributed by atoms with Gasteiger partial charge in [-0.1, -0.05) is 35.9 Å². The fourth-order valence-electron chi connectivity index (χ4n) is 3.56. The summed E-state index contributed by atoms with van der Waals surface area (Å²) in [7, 11) is 1.58. The molecule has 2 aromatic rings. The predicted molar refractivity (Wildman–Crippen MR) is 112 cm³/mol. The van der Waals surface area contributed by atoms with Crippen LogP contribution in [0.5, 0.6) is 5.75 Å². The molecule has 2 heterocycles. The lowest BCUT2D eigenvalue weighted by atomic mass is 9.96. The number of rotatable bonds is 6. The maximum atomic E-state index is 12.8. The molecule has 0 spiro atoms. The van der Waals surface area contributed by atoms with Crippen LogP contribution in [-0.2, 0) is 20.9 Å². The molecule has 0 aromatic heterocycles. The Morgan fingerprint density at radius 3 is 2.74 bits per heavy atom. The molecule has 4 rings (SSSR count). The van der Waals surface area contributed by atoms with Crippen LogP contribution < -0.4 is 15.4 Å².